The van der Waals surface area contributed by atoms with Crippen molar-refractivity contribution in [2.45, 2.75) is 39.3 Å². The summed E-state index contributed by atoms with van der Waals surface area (Å²) in [5.41, 5.74) is 4.61. The van der Waals surface area contributed by atoms with E-state index in [2.05, 4.69) is 26.3 Å². The number of carbonyl (C=O) groups is 1. The number of hydrogen-bond donors (Lipinski definition) is 0. The molecule has 3 aromatic heterocycles. The predicted octanol–water partition coefficient (Wildman–Crippen LogP) is 3.97. The summed E-state index contributed by atoms with van der Waals surface area (Å²) in [6, 6.07) is 13.3. The van der Waals surface area contributed by atoms with Gasteiger partial charge in [-0.2, -0.15) is 10.1 Å². The molecule has 4 aromatic rings. The lowest BCUT2D eigenvalue weighted by Gasteiger charge is -2.22. The molecule has 1 amide bonds. The second-order valence-corrected chi connectivity index (χ2v) is 8.13. The van der Waals surface area contributed by atoms with Crippen LogP contribution in [-0.4, -0.2) is 42.3 Å². The molecular weight excluding hydrogens is 404 g/mol. The van der Waals surface area contributed by atoms with E-state index in [-0.39, 0.29) is 11.9 Å². The maximum Gasteiger partial charge on any atom is 0.254 e. The summed E-state index contributed by atoms with van der Waals surface area (Å²) in [4.78, 5) is 23.8. The number of pyridine rings is 1. The van der Waals surface area contributed by atoms with Gasteiger partial charge in [0.15, 0.2) is 0 Å². The summed E-state index contributed by atoms with van der Waals surface area (Å²) in [7, 11) is 0. The van der Waals surface area contributed by atoms with Gasteiger partial charge in [-0.25, -0.2) is 0 Å². The molecule has 162 valence electrons. The molecule has 0 aliphatic carbocycles. The molecule has 0 radical (unpaired) electrons. The lowest BCUT2D eigenvalue weighted by molar-refractivity contribution is 0.0710. The van der Waals surface area contributed by atoms with Crippen LogP contribution in [0.15, 0.2) is 59.4 Å². The molecule has 0 bridgehead atoms. The standard InChI is InChI=1S/C24H24N6O2/c1-16-13-17(2)30(27-16)15-18-5-3-6-20(14-18)24(31)29-12-4-7-21(29)23-26-22(28-32-23)19-8-10-25-11-9-19/h3,5-6,8-11,13-14,21H,4,7,12,15H2,1-2H3/t21-/m0/s1. The molecule has 1 atom stereocenters. The van der Waals surface area contributed by atoms with E-state index >= 15 is 0 Å². The van der Waals surface area contributed by atoms with Gasteiger partial charge in [0, 0.05) is 35.8 Å². The summed E-state index contributed by atoms with van der Waals surface area (Å²) in [6.07, 6.45) is 5.08. The zero-order valence-electron chi connectivity index (χ0n) is 18.1. The average molecular weight is 428 g/mol. The number of hydrogen-bond acceptors (Lipinski definition) is 6. The first-order valence-corrected chi connectivity index (χ1v) is 10.7. The van der Waals surface area contributed by atoms with Crippen molar-refractivity contribution in [2.24, 2.45) is 0 Å². The van der Waals surface area contributed by atoms with Gasteiger partial charge in [-0.3, -0.25) is 14.5 Å². The van der Waals surface area contributed by atoms with Crippen LogP contribution in [0.3, 0.4) is 0 Å². The lowest BCUT2D eigenvalue weighted by Crippen LogP contribution is -2.30. The number of aromatic nitrogens is 5. The Hall–Kier alpha value is -3.81. The maximum atomic E-state index is 13.4. The fraction of sp³-hybridized carbons (Fsp3) is 0.292. The molecule has 1 fully saturated rings. The number of rotatable bonds is 5. The van der Waals surface area contributed by atoms with Crippen LogP contribution in [0.2, 0.25) is 0 Å². The monoisotopic (exact) mass is 428 g/mol. The Balaban J connectivity index is 1.36. The number of likely N-dealkylation sites (tertiary alicyclic amines) is 1. The van der Waals surface area contributed by atoms with Gasteiger partial charge in [-0.05, 0) is 62.6 Å². The van der Waals surface area contributed by atoms with Crippen molar-refractivity contribution in [3.63, 3.8) is 0 Å². The van der Waals surface area contributed by atoms with E-state index in [4.69, 9.17) is 4.52 Å². The van der Waals surface area contributed by atoms with Crippen molar-refractivity contribution in [1.82, 2.24) is 29.8 Å². The van der Waals surface area contributed by atoms with Gasteiger partial charge in [0.25, 0.3) is 5.91 Å². The third-order valence-corrected chi connectivity index (χ3v) is 5.79. The minimum Gasteiger partial charge on any atom is -0.337 e. The van der Waals surface area contributed by atoms with Crippen LogP contribution in [0.25, 0.3) is 11.4 Å². The van der Waals surface area contributed by atoms with Gasteiger partial charge in [0.2, 0.25) is 11.7 Å². The lowest BCUT2D eigenvalue weighted by atomic mass is 10.1. The summed E-state index contributed by atoms with van der Waals surface area (Å²) in [6.45, 7) is 5.31. The number of nitrogens with zero attached hydrogens (tertiary/aromatic N) is 6. The third-order valence-electron chi connectivity index (χ3n) is 5.79. The second kappa shape index (κ2) is 8.37. The Morgan fingerprint density at radius 3 is 2.78 bits per heavy atom. The van der Waals surface area contributed by atoms with Crippen LogP contribution in [0, 0.1) is 13.8 Å². The van der Waals surface area contributed by atoms with Crippen LogP contribution < -0.4 is 0 Å². The van der Waals surface area contributed by atoms with E-state index in [0.717, 1.165) is 35.4 Å². The molecule has 5 rings (SSSR count). The average Bonchev–Trinajstić information content (AvgIpc) is 3.54. The van der Waals surface area contributed by atoms with Crippen LogP contribution >= 0.6 is 0 Å². The van der Waals surface area contributed by atoms with Crippen molar-refractivity contribution in [3.05, 3.63) is 83.3 Å². The highest BCUT2D eigenvalue weighted by Gasteiger charge is 2.34. The first-order chi connectivity index (χ1) is 15.6. The van der Waals surface area contributed by atoms with Crippen molar-refractivity contribution in [3.8, 4) is 11.4 Å². The smallest absolute Gasteiger partial charge is 0.254 e. The molecule has 4 heterocycles. The van der Waals surface area contributed by atoms with E-state index in [1.165, 1.54) is 0 Å². The Kier molecular flexibility index (Phi) is 5.26. The van der Waals surface area contributed by atoms with Gasteiger partial charge < -0.3 is 9.42 Å². The SMILES string of the molecule is Cc1cc(C)n(Cc2cccc(C(=O)N3CCC[C@H]3c3nc(-c4ccncc4)no3)c2)n1. The molecule has 1 saturated heterocycles. The molecule has 1 aromatic carbocycles. The highest BCUT2D eigenvalue weighted by atomic mass is 16.5. The number of aryl methyl sites for hydroxylation is 2. The van der Waals surface area contributed by atoms with E-state index in [1.807, 2.05) is 59.8 Å². The number of carbonyl (C=O) groups excluding carboxylic acids is 1. The molecule has 0 unspecified atom stereocenters. The molecule has 8 heteroatoms. The van der Waals surface area contributed by atoms with E-state index < -0.39 is 0 Å². The molecule has 1 aliphatic rings. The van der Waals surface area contributed by atoms with Gasteiger partial charge in [-0.15, -0.1) is 0 Å². The highest BCUT2D eigenvalue weighted by molar-refractivity contribution is 5.94. The van der Waals surface area contributed by atoms with Crippen molar-refractivity contribution >= 4 is 5.91 Å². The van der Waals surface area contributed by atoms with Crippen molar-refractivity contribution in [2.75, 3.05) is 6.54 Å². The number of benzene rings is 1. The van der Waals surface area contributed by atoms with E-state index in [0.29, 0.717) is 30.4 Å². The maximum absolute atomic E-state index is 13.4. The van der Waals surface area contributed by atoms with Crippen LogP contribution in [-0.2, 0) is 6.54 Å². The predicted molar refractivity (Wildman–Crippen MR) is 118 cm³/mol. The Labute approximate surface area is 185 Å². The summed E-state index contributed by atoms with van der Waals surface area (Å²) >= 11 is 0. The third kappa shape index (κ3) is 3.91. The Morgan fingerprint density at radius 2 is 2.00 bits per heavy atom. The summed E-state index contributed by atoms with van der Waals surface area (Å²) < 4.78 is 7.51. The highest BCUT2D eigenvalue weighted by Crippen LogP contribution is 2.33. The van der Waals surface area contributed by atoms with Crippen LogP contribution in [0.4, 0.5) is 0 Å². The first-order valence-electron chi connectivity index (χ1n) is 10.7. The molecule has 8 nitrogen and oxygen atoms in total. The van der Waals surface area contributed by atoms with Crippen molar-refractivity contribution < 1.29 is 9.32 Å². The molecule has 0 spiro atoms. The topological polar surface area (TPSA) is 89.9 Å². The molecule has 0 N–H and O–H groups in total. The molecular formula is C24H24N6O2. The zero-order chi connectivity index (χ0) is 22.1. The minimum atomic E-state index is -0.217. The Morgan fingerprint density at radius 1 is 1.16 bits per heavy atom. The summed E-state index contributed by atoms with van der Waals surface area (Å²) in [5.74, 6) is 0.960. The normalized spacial score (nSPS) is 15.9. The van der Waals surface area contributed by atoms with Gasteiger partial charge in [0.1, 0.15) is 6.04 Å². The summed E-state index contributed by atoms with van der Waals surface area (Å²) in [5, 5.41) is 8.63. The number of amides is 1. The van der Waals surface area contributed by atoms with Gasteiger partial charge in [0.05, 0.1) is 12.2 Å². The molecule has 0 saturated carbocycles. The van der Waals surface area contributed by atoms with E-state index in [9.17, 15) is 4.79 Å². The second-order valence-electron chi connectivity index (χ2n) is 8.13. The van der Waals surface area contributed by atoms with Gasteiger partial charge >= 0.3 is 0 Å². The minimum absolute atomic E-state index is 0.0219. The van der Waals surface area contributed by atoms with Crippen LogP contribution in [0.1, 0.15) is 52.1 Å². The molecule has 32 heavy (non-hydrogen) atoms. The Bertz CT molecular complexity index is 1250. The fourth-order valence-electron chi connectivity index (χ4n) is 4.23. The van der Waals surface area contributed by atoms with E-state index in [1.54, 1.807) is 12.4 Å². The largest absolute Gasteiger partial charge is 0.337 e. The zero-order valence-corrected chi connectivity index (χ0v) is 18.1. The van der Waals surface area contributed by atoms with Crippen molar-refractivity contribution in [1.29, 1.82) is 0 Å². The molecule has 1 aliphatic heterocycles. The first kappa shape index (κ1) is 20.1. The van der Waals surface area contributed by atoms with Crippen LogP contribution in [0.5, 0.6) is 0 Å². The quantitative estimate of drug-likeness (QED) is 0.478. The van der Waals surface area contributed by atoms with Gasteiger partial charge in [-0.1, -0.05) is 17.3 Å². The fourth-order valence-corrected chi connectivity index (χ4v) is 4.23.